The lowest BCUT2D eigenvalue weighted by molar-refractivity contribution is -0.145. The summed E-state index contributed by atoms with van der Waals surface area (Å²) in [6.07, 6.45) is 7.98. The summed E-state index contributed by atoms with van der Waals surface area (Å²) >= 11 is 0. The second-order valence-corrected chi connectivity index (χ2v) is 6.67. The summed E-state index contributed by atoms with van der Waals surface area (Å²) in [4.78, 5) is 20.6. The highest BCUT2D eigenvalue weighted by atomic mass is 16.3. The number of aromatic nitrogens is 3. The molecular weight excluding hydrogens is 294 g/mol. The van der Waals surface area contributed by atoms with Crippen LogP contribution in [0.1, 0.15) is 32.1 Å². The van der Waals surface area contributed by atoms with Crippen LogP contribution in [0.3, 0.4) is 0 Å². The maximum absolute atomic E-state index is 12.5. The van der Waals surface area contributed by atoms with Gasteiger partial charge in [0.1, 0.15) is 18.8 Å². The predicted molar refractivity (Wildman–Crippen MR) is 85.6 cm³/mol. The fourth-order valence-electron chi connectivity index (χ4n) is 3.62. The summed E-state index contributed by atoms with van der Waals surface area (Å²) in [5.74, 6) is 0.106. The quantitative estimate of drug-likeness (QED) is 0.848. The second kappa shape index (κ2) is 7.88. The van der Waals surface area contributed by atoms with E-state index in [0.717, 1.165) is 51.9 Å². The monoisotopic (exact) mass is 321 g/mol. The van der Waals surface area contributed by atoms with Crippen LogP contribution in [0, 0.1) is 5.92 Å². The highest BCUT2D eigenvalue weighted by molar-refractivity contribution is 5.81. The van der Waals surface area contributed by atoms with E-state index in [4.69, 9.17) is 0 Å². The number of piperazine rings is 1. The van der Waals surface area contributed by atoms with Crippen molar-refractivity contribution in [1.82, 2.24) is 24.6 Å². The van der Waals surface area contributed by atoms with Crippen LogP contribution in [-0.4, -0.2) is 74.4 Å². The Morgan fingerprint density at radius 2 is 1.87 bits per heavy atom. The molecule has 0 bridgehead atoms. The lowest BCUT2D eigenvalue weighted by atomic mass is 9.85. The number of hydrogen-bond donors (Lipinski definition) is 1. The Morgan fingerprint density at radius 1 is 1.13 bits per heavy atom. The molecule has 1 N–H and O–H groups in total. The molecule has 0 radical (unpaired) electrons. The summed E-state index contributed by atoms with van der Waals surface area (Å²) in [5.41, 5.74) is 0. The molecule has 3 rings (SSSR count). The smallest absolute Gasteiger partial charge is 0.251 e. The minimum Gasteiger partial charge on any atom is -0.383 e. The normalized spacial score (nSPS) is 22.2. The predicted octanol–water partition coefficient (Wildman–Crippen LogP) is 0.364. The van der Waals surface area contributed by atoms with Gasteiger partial charge in [0.25, 0.3) is 5.91 Å². The van der Waals surface area contributed by atoms with Crippen molar-refractivity contribution in [1.29, 1.82) is 0 Å². The molecule has 2 heterocycles. The molecule has 1 amide bonds. The maximum Gasteiger partial charge on any atom is 0.251 e. The summed E-state index contributed by atoms with van der Waals surface area (Å²) in [7, 11) is 0. The molecular formula is C16H27N5O2. The van der Waals surface area contributed by atoms with Crippen molar-refractivity contribution in [2.75, 3.05) is 32.7 Å². The zero-order valence-corrected chi connectivity index (χ0v) is 13.7. The van der Waals surface area contributed by atoms with E-state index >= 15 is 0 Å². The Labute approximate surface area is 137 Å². The molecule has 1 unspecified atom stereocenters. The van der Waals surface area contributed by atoms with Crippen LogP contribution in [0.4, 0.5) is 0 Å². The third kappa shape index (κ3) is 4.29. The van der Waals surface area contributed by atoms with E-state index in [2.05, 4.69) is 15.0 Å². The molecule has 2 fully saturated rings. The number of carbonyl (C=O) groups excluding carboxylic acids is 1. The molecule has 1 saturated heterocycles. The standard InChI is InChI=1S/C16H27N5O2/c22-15(14-4-2-1-3-5-14)16(23)20-9-6-19(7-10-20)8-11-21-13-17-12-18-21/h12-15,22H,1-11H2. The van der Waals surface area contributed by atoms with Crippen LogP contribution in [0.5, 0.6) is 0 Å². The molecule has 23 heavy (non-hydrogen) atoms. The van der Waals surface area contributed by atoms with E-state index in [0.29, 0.717) is 13.1 Å². The number of amides is 1. The molecule has 1 aromatic heterocycles. The van der Waals surface area contributed by atoms with E-state index < -0.39 is 6.10 Å². The van der Waals surface area contributed by atoms with Crippen molar-refractivity contribution < 1.29 is 9.90 Å². The Hall–Kier alpha value is -1.47. The first-order chi connectivity index (χ1) is 11.2. The van der Waals surface area contributed by atoms with Crippen LogP contribution >= 0.6 is 0 Å². The molecule has 1 aliphatic heterocycles. The van der Waals surface area contributed by atoms with E-state index in [1.807, 2.05) is 9.58 Å². The minimum atomic E-state index is -0.794. The topological polar surface area (TPSA) is 74.5 Å². The number of hydrogen-bond acceptors (Lipinski definition) is 5. The van der Waals surface area contributed by atoms with Gasteiger partial charge in [0.2, 0.25) is 0 Å². The van der Waals surface area contributed by atoms with Gasteiger partial charge >= 0.3 is 0 Å². The molecule has 0 spiro atoms. The third-order valence-electron chi connectivity index (χ3n) is 5.15. The first-order valence-corrected chi connectivity index (χ1v) is 8.75. The van der Waals surface area contributed by atoms with Crippen LogP contribution in [-0.2, 0) is 11.3 Å². The Kier molecular flexibility index (Phi) is 5.61. The van der Waals surface area contributed by atoms with Gasteiger partial charge in [0.15, 0.2) is 0 Å². The van der Waals surface area contributed by atoms with Gasteiger partial charge in [-0.1, -0.05) is 19.3 Å². The van der Waals surface area contributed by atoms with Gasteiger partial charge < -0.3 is 10.0 Å². The van der Waals surface area contributed by atoms with Crippen molar-refractivity contribution in [3.05, 3.63) is 12.7 Å². The van der Waals surface area contributed by atoms with Crippen molar-refractivity contribution in [2.24, 2.45) is 5.92 Å². The van der Waals surface area contributed by atoms with Crippen molar-refractivity contribution in [3.63, 3.8) is 0 Å². The minimum absolute atomic E-state index is 0.0622. The molecule has 0 aromatic carbocycles. The van der Waals surface area contributed by atoms with Gasteiger partial charge in [0, 0.05) is 32.7 Å². The van der Waals surface area contributed by atoms with E-state index in [1.165, 1.54) is 6.42 Å². The number of aliphatic hydroxyl groups is 1. The number of nitrogens with zero attached hydrogens (tertiary/aromatic N) is 5. The van der Waals surface area contributed by atoms with Gasteiger partial charge in [-0.3, -0.25) is 14.4 Å². The van der Waals surface area contributed by atoms with Gasteiger partial charge in [-0.25, -0.2) is 4.98 Å². The Bertz CT molecular complexity index is 479. The Morgan fingerprint density at radius 3 is 2.52 bits per heavy atom. The first-order valence-electron chi connectivity index (χ1n) is 8.75. The van der Waals surface area contributed by atoms with Crippen LogP contribution in [0.2, 0.25) is 0 Å². The second-order valence-electron chi connectivity index (χ2n) is 6.67. The van der Waals surface area contributed by atoms with Gasteiger partial charge in [-0.2, -0.15) is 5.10 Å². The van der Waals surface area contributed by atoms with Crippen molar-refractivity contribution in [3.8, 4) is 0 Å². The molecule has 1 saturated carbocycles. The third-order valence-corrected chi connectivity index (χ3v) is 5.15. The highest BCUT2D eigenvalue weighted by Crippen LogP contribution is 2.27. The fraction of sp³-hybridized carbons (Fsp3) is 0.812. The molecule has 1 atom stereocenters. The van der Waals surface area contributed by atoms with E-state index in [9.17, 15) is 9.90 Å². The number of carbonyl (C=O) groups is 1. The average Bonchev–Trinajstić information content (AvgIpc) is 3.13. The van der Waals surface area contributed by atoms with Crippen LogP contribution < -0.4 is 0 Å². The molecule has 1 aliphatic carbocycles. The fourth-order valence-corrected chi connectivity index (χ4v) is 3.62. The van der Waals surface area contributed by atoms with Crippen LogP contribution in [0.15, 0.2) is 12.7 Å². The van der Waals surface area contributed by atoms with Crippen LogP contribution in [0.25, 0.3) is 0 Å². The van der Waals surface area contributed by atoms with Gasteiger partial charge in [-0.05, 0) is 18.8 Å². The van der Waals surface area contributed by atoms with E-state index in [-0.39, 0.29) is 11.8 Å². The summed E-state index contributed by atoms with van der Waals surface area (Å²) in [5, 5.41) is 14.5. The summed E-state index contributed by atoms with van der Waals surface area (Å²) in [6, 6.07) is 0. The molecule has 128 valence electrons. The number of rotatable bonds is 5. The molecule has 7 heteroatoms. The largest absolute Gasteiger partial charge is 0.383 e. The van der Waals surface area contributed by atoms with Crippen molar-refractivity contribution >= 4 is 5.91 Å². The SMILES string of the molecule is O=C(C(O)C1CCCCC1)N1CCN(CCn2cncn2)CC1. The van der Waals surface area contributed by atoms with Crippen molar-refractivity contribution in [2.45, 2.75) is 44.8 Å². The average molecular weight is 321 g/mol. The summed E-state index contributed by atoms with van der Waals surface area (Å²) < 4.78 is 1.82. The molecule has 1 aromatic rings. The van der Waals surface area contributed by atoms with Gasteiger partial charge in [-0.15, -0.1) is 0 Å². The van der Waals surface area contributed by atoms with E-state index in [1.54, 1.807) is 12.7 Å². The number of aliphatic hydroxyl groups excluding tert-OH is 1. The molecule has 2 aliphatic rings. The molecule has 7 nitrogen and oxygen atoms in total. The maximum atomic E-state index is 12.5. The zero-order valence-electron chi connectivity index (χ0n) is 13.7. The lowest BCUT2D eigenvalue weighted by Gasteiger charge is -2.37. The summed E-state index contributed by atoms with van der Waals surface area (Å²) in [6.45, 7) is 4.87. The highest BCUT2D eigenvalue weighted by Gasteiger charge is 2.32. The Balaban J connectivity index is 1.41. The zero-order chi connectivity index (χ0) is 16.1. The lowest BCUT2D eigenvalue weighted by Crippen LogP contribution is -2.53. The first kappa shape index (κ1) is 16.4. The van der Waals surface area contributed by atoms with Gasteiger partial charge in [0.05, 0.1) is 6.54 Å².